The second-order valence-electron chi connectivity index (χ2n) is 5.88. The molecule has 0 saturated carbocycles. The van der Waals surface area contributed by atoms with E-state index >= 15 is 0 Å². The van der Waals surface area contributed by atoms with E-state index in [2.05, 4.69) is 13.0 Å². The predicted molar refractivity (Wildman–Crippen MR) is 99.1 cm³/mol. The molecule has 0 aliphatic carbocycles. The van der Waals surface area contributed by atoms with Crippen LogP contribution in [0.1, 0.15) is 68.8 Å². The summed E-state index contributed by atoms with van der Waals surface area (Å²) in [6, 6.07) is 6.79. The van der Waals surface area contributed by atoms with Gasteiger partial charge in [-0.25, -0.2) is 5.06 Å². The fourth-order valence-electron chi connectivity index (χ4n) is 2.47. The molecule has 0 radical (unpaired) electrons. The lowest BCUT2D eigenvalue weighted by molar-refractivity contribution is -0.158. The number of carboxylic acids is 1. The standard InChI is InChI=1S/C20H29NO4/c1-4-7-8-9-10-16-11-13-17(14-12-16)20(24)21(25-6-3)18(5-2)15-19(22)23/h9-14,18H,4-8,15H2,1-3H3,(H,22,23)/b10-9+. The summed E-state index contributed by atoms with van der Waals surface area (Å²) in [6.45, 7) is 6.08. The number of allylic oxidation sites excluding steroid dienone is 1. The molecule has 0 aliphatic heterocycles. The summed E-state index contributed by atoms with van der Waals surface area (Å²) in [5.41, 5.74) is 1.52. The summed E-state index contributed by atoms with van der Waals surface area (Å²) in [5, 5.41) is 10.2. The highest BCUT2D eigenvalue weighted by atomic mass is 16.7. The molecule has 0 aliphatic rings. The minimum Gasteiger partial charge on any atom is -0.481 e. The van der Waals surface area contributed by atoms with Gasteiger partial charge in [0.2, 0.25) is 0 Å². The molecule has 0 aromatic heterocycles. The van der Waals surface area contributed by atoms with E-state index in [4.69, 9.17) is 9.94 Å². The summed E-state index contributed by atoms with van der Waals surface area (Å²) in [4.78, 5) is 29.2. The van der Waals surface area contributed by atoms with E-state index in [1.165, 1.54) is 17.9 Å². The van der Waals surface area contributed by atoms with Gasteiger partial charge in [-0.15, -0.1) is 0 Å². The van der Waals surface area contributed by atoms with E-state index in [1.54, 1.807) is 19.1 Å². The maximum Gasteiger partial charge on any atom is 0.305 e. The predicted octanol–water partition coefficient (Wildman–Crippen LogP) is 4.54. The van der Waals surface area contributed by atoms with Crippen molar-refractivity contribution in [3.05, 3.63) is 41.5 Å². The number of nitrogens with zero attached hydrogens (tertiary/aromatic N) is 1. The van der Waals surface area contributed by atoms with Crippen molar-refractivity contribution >= 4 is 18.0 Å². The van der Waals surface area contributed by atoms with Crippen LogP contribution in [0.5, 0.6) is 0 Å². The average Bonchev–Trinajstić information content (AvgIpc) is 2.61. The van der Waals surface area contributed by atoms with Crippen molar-refractivity contribution in [2.45, 2.75) is 58.9 Å². The third-order valence-corrected chi connectivity index (χ3v) is 3.87. The Morgan fingerprint density at radius 2 is 1.88 bits per heavy atom. The van der Waals surface area contributed by atoms with Crippen LogP contribution in [0.15, 0.2) is 30.3 Å². The molecule has 0 bridgehead atoms. The molecular weight excluding hydrogens is 318 g/mol. The van der Waals surface area contributed by atoms with Gasteiger partial charge in [-0.3, -0.25) is 14.4 Å². The number of hydrogen-bond acceptors (Lipinski definition) is 3. The Morgan fingerprint density at radius 3 is 2.40 bits per heavy atom. The van der Waals surface area contributed by atoms with Gasteiger partial charge in [-0.2, -0.15) is 0 Å². The number of hydrogen-bond donors (Lipinski definition) is 1. The highest BCUT2D eigenvalue weighted by molar-refractivity contribution is 5.94. The molecule has 5 nitrogen and oxygen atoms in total. The number of hydroxylamine groups is 2. The van der Waals surface area contributed by atoms with Gasteiger partial charge in [0.1, 0.15) is 0 Å². The van der Waals surface area contributed by atoms with Crippen molar-refractivity contribution in [2.75, 3.05) is 6.61 Å². The third-order valence-electron chi connectivity index (χ3n) is 3.87. The lowest BCUT2D eigenvalue weighted by Gasteiger charge is -2.28. The third kappa shape index (κ3) is 7.10. The first kappa shape index (κ1) is 20.9. The molecule has 1 unspecified atom stereocenters. The normalized spacial score (nSPS) is 12.3. The van der Waals surface area contributed by atoms with E-state index in [0.717, 1.165) is 12.0 Å². The SMILES string of the molecule is CCCC/C=C/c1ccc(C(=O)N(OCC)C(CC)CC(=O)O)cc1. The van der Waals surface area contributed by atoms with Gasteiger partial charge < -0.3 is 5.11 Å². The van der Waals surface area contributed by atoms with E-state index < -0.39 is 12.0 Å². The Bertz CT molecular complexity index is 566. The molecule has 1 amide bonds. The molecule has 25 heavy (non-hydrogen) atoms. The summed E-state index contributed by atoms with van der Waals surface area (Å²) in [5.74, 6) is -1.26. The van der Waals surface area contributed by atoms with Crippen molar-refractivity contribution in [3.63, 3.8) is 0 Å². The molecule has 0 fully saturated rings. The summed E-state index contributed by atoms with van der Waals surface area (Å²) in [7, 11) is 0. The van der Waals surface area contributed by atoms with Crippen molar-refractivity contribution in [3.8, 4) is 0 Å². The maximum atomic E-state index is 12.7. The van der Waals surface area contributed by atoms with Crippen LogP contribution >= 0.6 is 0 Å². The first-order valence-corrected chi connectivity index (χ1v) is 8.98. The summed E-state index contributed by atoms with van der Waals surface area (Å²) < 4.78 is 0. The molecule has 1 N–H and O–H groups in total. The van der Waals surface area contributed by atoms with E-state index in [-0.39, 0.29) is 12.3 Å². The van der Waals surface area contributed by atoms with Crippen LogP contribution in [-0.2, 0) is 9.63 Å². The van der Waals surface area contributed by atoms with Gasteiger partial charge in [-0.05, 0) is 37.5 Å². The lowest BCUT2D eigenvalue weighted by Crippen LogP contribution is -2.41. The molecular formula is C20H29NO4. The van der Waals surface area contributed by atoms with Gasteiger partial charge in [-0.1, -0.05) is 51.0 Å². The second-order valence-corrected chi connectivity index (χ2v) is 5.88. The van der Waals surface area contributed by atoms with Crippen LogP contribution < -0.4 is 0 Å². The van der Waals surface area contributed by atoms with Crippen LogP contribution in [0.25, 0.3) is 6.08 Å². The fourth-order valence-corrected chi connectivity index (χ4v) is 2.47. The van der Waals surface area contributed by atoms with Gasteiger partial charge >= 0.3 is 5.97 Å². The first-order valence-electron chi connectivity index (χ1n) is 8.98. The minimum absolute atomic E-state index is 0.138. The van der Waals surface area contributed by atoms with E-state index in [0.29, 0.717) is 18.6 Å². The molecule has 0 saturated heterocycles. The number of carbonyl (C=O) groups is 2. The van der Waals surface area contributed by atoms with Crippen LogP contribution in [0.3, 0.4) is 0 Å². The second kappa shape index (κ2) is 11.4. The van der Waals surface area contributed by atoms with Gasteiger partial charge in [0.15, 0.2) is 0 Å². The van der Waals surface area contributed by atoms with Crippen molar-refractivity contribution in [1.29, 1.82) is 0 Å². The highest BCUT2D eigenvalue weighted by Crippen LogP contribution is 2.16. The summed E-state index contributed by atoms with van der Waals surface area (Å²) in [6.07, 6.45) is 7.92. The fraction of sp³-hybridized carbons (Fsp3) is 0.500. The zero-order valence-electron chi connectivity index (χ0n) is 15.4. The Labute approximate surface area is 150 Å². The van der Waals surface area contributed by atoms with Gasteiger partial charge in [0.25, 0.3) is 5.91 Å². The number of aliphatic carboxylic acids is 1. The topological polar surface area (TPSA) is 66.8 Å². The Morgan fingerprint density at radius 1 is 1.20 bits per heavy atom. The zero-order valence-corrected chi connectivity index (χ0v) is 15.4. The number of carboxylic acid groups (broad SMARTS) is 1. The van der Waals surface area contributed by atoms with Crippen molar-refractivity contribution in [1.82, 2.24) is 5.06 Å². The van der Waals surface area contributed by atoms with Crippen LogP contribution in [-0.4, -0.2) is 34.7 Å². The molecule has 1 rings (SSSR count). The van der Waals surface area contributed by atoms with Crippen LogP contribution in [0.2, 0.25) is 0 Å². The smallest absolute Gasteiger partial charge is 0.305 e. The molecule has 0 spiro atoms. The monoisotopic (exact) mass is 347 g/mol. The molecule has 1 aromatic rings. The Balaban J connectivity index is 2.86. The molecule has 1 aromatic carbocycles. The van der Waals surface area contributed by atoms with E-state index in [9.17, 15) is 9.59 Å². The lowest BCUT2D eigenvalue weighted by atomic mass is 10.1. The molecule has 5 heteroatoms. The zero-order chi connectivity index (χ0) is 18.7. The molecule has 0 heterocycles. The molecule has 1 atom stereocenters. The quantitative estimate of drug-likeness (QED) is 0.471. The Kier molecular flexibility index (Phi) is 9.55. The summed E-state index contributed by atoms with van der Waals surface area (Å²) >= 11 is 0. The maximum absolute atomic E-state index is 12.7. The Hall–Kier alpha value is -2.14. The largest absolute Gasteiger partial charge is 0.481 e. The van der Waals surface area contributed by atoms with E-state index in [1.807, 2.05) is 25.1 Å². The van der Waals surface area contributed by atoms with Crippen LogP contribution in [0.4, 0.5) is 0 Å². The molecule has 138 valence electrons. The number of unbranched alkanes of at least 4 members (excludes halogenated alkanes) is 2. The average molecular weight is 347 g/mol. The van der Waals surface area contributed by atoms with Crippen molar-refractivity contribution in [2.24, 2.45) is 0 Å². The minimum atomic E-state index is -0.947. The number of benzene rings is 1. The van der Waals surface area contributed by atoms with Gasteiger partial charge in [0.05, 0.1) is 19.1 Å². The number of carbonyl (C=O) groups excluding carboxylic acids is 1. The number of rotatable bonds is 11. The van der Waals surface area contributed by atoms with Gasteiger partial charge in [0, 0.05) is 5.56 Å². The van der Waals surface area contributed by atoms with Crippen LogP contribution in [0, 0.1) is 0 Å². The van der Waals surface area contributed by atoms with Crippen molar-refractivity contribution < 1.29 is 19.5 Å². The number of amides is 1. The first-order chi connectivity index (χ1) is 12.0. The highest BCUT2D eigenvalue weighted by Gasteiger charge is 2.26.